The molecule has 3 nitrogen and oxygen atoms in total. The van der Waals surface area contributed by atoms with E-state index in [1.165, 1.54) is 22.5 Å². The van der Waals surface area contributed by atoms with Crippen molar-refractivity contribution in [1.82, 2.24) is 15.2 Å². The zero-order valence-corrected chi connectivity index (χ0v) is 12.1. The minimum absolute atomic E-state index is 0.696. The van der Waals surface area contributed by atoms with Crippen molar-refractivity contribution in [2.45, 2.75) is 40.3 Å². The van der Waals surface area contributed by atoms with E-state index in [2.05, 4.69) is 44.1 Å². The van der Waals surface area contributed by atoms with Crippen LogP contribution < -0.4 is 5.32 Å². The quantitative estimate of drug-likeness (QED) is 0.883. The highest BCUT2D eigenvalue weighted by Crippen LogP contribution is 2.19. The van der Waals surface area contributed by atoms with Crippen LogP contribution in [0.5, 0.6) is 0 Å². The molecule has 3 heteroatoms. The SMILES string of the molecule is Cc1nc2c(cc1CNCC(C)C)CN(C)CC2. The van der Waals surface area contributed by atoms with E-state index in [4.69, 9.17) is 4.98 Å². The first-order valence-corrected chi connectivity index (χ1v) is 6.93. The van der Waals surface area contributed by atoms with E-state index in [1.807, 2.05) is 0 Å². The van der Waals surface area contributed by atoms with E-state index in [0.717, 1.165) is 32.6 Å². The molecule has 1 aliphatic heterocycles. The summed E-state index contributed by atoms with van der Waals surface area (Å²) in [6.07, 6.45) is 1.09. The number of likely N-dealkylation sites (N-methyl/N-ethyl adjacent to an activating group) is 1. The van der Waals surface area contributed by atoms with Gasteiger partial charge in [-0.3, -0.25) is 4.98 Å². The summed E-state index contributed by atoms with van der Waals surface area (Å²) < 4.78 is 0. The zero-order chi connectivity index (χ0) is 13.1. The molecule has 0 amide bonds. The maximum absolute atomic E-state index is 4.78. The molecular formula is C15H25N3. The number of hydrogen-bond donors (Lipinski definition) is 1. The van der Waals surface area contributed by atoms with E-state index >= 15 is 0 Å². The van der Waals surface area contributed by atoms with Gasteiger partial charge in [0.1, 0.15) is 0 Å². The van der Waals surface area contributed by atoms with Crippen LogP contribution in [0.15, 0.2) is 6.07 Å². The van der Waals surface area contributed by atoms with Crippen LogP contribution in [0.3, 0.4) is 0 Å². The van der Waals surface area contributed by atoms with E-state index in [9.17, 15) is 0 Å². The highest BCUT2D eigenvalue weighted by atomic mass is 15.1. The summed E-state index contributed by atoms with van der Waals surface area (Å²) in [4.78, 5) is 7.14. The topological polar surface area (TPSA) is 28.2 Å². The highest BCUT2D eigenvalue weighted by Gasteiger charge is 2.16. The van der Waals surface area contributed by atoms with Gasteiger partial charge in [0.25, 0.3) is 0 Å². The van der Waals surface area contributed by atoms with Gasteiger partial charge in [-0.2, -0.15) is 0 Å². The molecular weight excluding hydrogens is 222 g/mol. The maximum Gasteiger partial charge on any atom is 0.0464 e. The molecule has 1 aliphatic rings. The smallest absolute Gasteiger partial charge is 0.0464 e. The standard InChI is InChI=1S/C15H25N3/c1-11(2)8-16-9-13-7-14-10-18(4)6-5-15(14)17-12(13)3/h7,11,16H,5-6,8-10H2,1-4H3. The molecule has 0 aliphatic carbocycles. The van der Waals surface area contributed by atoms with Crippen molar-refractivity contribution in [1.29, 1.82) is 0 Å². The van der Waals surface area contributed by atoms with Gasteiger partial charge in [-0.05, 0) is 43.6 Å². The Morgan fingerprint density at radius 2 is 2.22 bits per heavy atom. The molecule has 2 rings (SSSR count). The first-order valence-electron chi connectivity index (χ1n) is 6.93. The van der Waals surface area contributed by atoms with Crippen LogP contribution in [0.25, 0.3) is 0 Å². The lowest BCUT2D eigenvalue weighted by Gasteiger charge is -2.25. The third kappa shape index (κ3) is 3.30. The minimum Gasteiger partial charge on any atom is -0.312 e. The molecule has 100 valence electrons. The van der Waals surface area contributed by atoms with Gasteiger partial charge >= 0.3 is 0 Å². The van der Waals surface area contributed by atoms with Crippen molar-refractivity contribution < 1.29 is 0 Å². The third-order valence-electron chi connectivity index (χ3n) is 3.53. The second-order valence-electron chi connectivity index (χ2n) is 5.85. The van der Waals surface area contributed by atoms with Gasteiger partial charge in [-0.1, -0.05) is 13.8 Å². The summed E-state index contributed by atoms with van der Waals surface area (Å²) in [5.41, 5.74) is 5.26. The van der Waals surface area contributed by atoms with Crippen LogP contribution in [0, 0.1) is 12.8 Å². The first kappa shape index (κ1) is 13.5. The Morgan fingerprint density at radius 1 is 1.44 bits per heavy atom. The van der Waals surface area contributed by atoms with Crippen LogP contribution in [0.2, 0.25) is 0 Å². The Balaban J connectivity index is 2.09. The Kier molecular flexibility index (Phi) is 4.36. The monoisotopic (exact) mass is 247 g/mol. The second-order valence-corrected chi connectivity index (χ2v) is 5.85. The Morgan fingerprint density at radius 3 is 2.94 bits per heavy atom. The molecule has 0 radical (unpaired) electrons. The molecule has 2 heterocycles. The number of nitrogens with one attached hydrogen (secondary N) is 1. The fraction of sp³-hybridized carbons (Fsp3) is 0.667. The van der Waals surface area contributed by atoms with Gasteiger partial charge in [0.2, 0.25) is 0 Å². The van der Waals surface area contributed by atoms with Gasteiger partial charge < -0.3 is 10.2 Å². The number of nitrogens with zero attached hydrogens (tertiary/aromatic N) is 2. The number of fused-ring (bicyclic) bond motifs is 1. The van der Waals surface area contributed by atoms with Crippen LogP contribution in [-0.4, -0.2) is 30.0 Å². The molecule has 0 unspecified atom stereocenters. The van der Waals surface area contributed by atoms with Crippen molar-refractivity contribution in [2.75, 3.05) is 20.1 Å². The number of aryl methyl sites for hydroxylation is 1. The third-order valence-corrected chi connectivity index (χ3v) is 3.53. The fourth-order valence-corrected chi connectivity index (χ4v) is 2.44. The van der Waals surface area contributed by atoms with E-state index in [-0.39, 0.29) is 0 Å². The van der Waals surface area contributed by atoms with Crippen LogP contribution in [-0.2, 0) is 19.5 Å². The largest absolute Gasteiger partial charge is 0.312 e. The number of pyridine rings is 1. The fourth-order valence-electron chi connectivity index (χ4n) is 2.44. The molecule has 1 N–H and O–H groups in total. The van der Waals surface area contributed by atoms with Crippen molar-refractivity contribution in [2.24, 2.45) is 5.92 Å². The lowest BCUT2D eigenvalue weighted by Crippen LogP contribution is -2.28. The Hall–Kier alpha value is -0.930. The van der Waals surface area contributed by atoms with E-state index in [0.29, 0.717) is 5.92 Å². The lowest BCUT2D eigenvalue weighted by molar-refractivity contribution is 0.309. The van der Waals surface area contributed by atoms with Gasteiger partial charge in [-0.15, -0.1) is 0 Å². The number of rotatable bonds is 4. The van der Waals surface area contributed by atoms with Crippen molar-refractivity contribution >= 4 is 0 Å². The van der Waals surface area contributed by atoms with Crippen molar-refractivity contribution in [3.63, 3.8) is 0 Å². The van der Waals surface area contributed by atoms with Gasteiger partial charge in [-0.25, -0.2) is 0 Å². The summed E-state index contributed by atoms with van der Waals surface area (Å²) in [6, 6.07) is 2.35. The highest BCUT2D eigenvalue weighted by molar-refractivity contribution is 5.31. The van der Waals surface area contributed by atoms with Gasteiger partial charge in [0, 0.05) is 37.4 Å². The molecule has 0 spiro atoms. The van der Waals surface area contributed by atoms with Crippen LogP contribution in [0.4, 0.5) is 0 Å². The maximum atomic E-state index is 4.78. The Bertz CT molecular complexity index is 412. The van der Waals surface area contributed by atoms with Gasteiger partial charge in [0.15, 0.2) is 0 Å². The molecule has 18 heavy (non-hydrogen) atoms. The number of aromatic nitrogens is 1. The minimum atomic E-state index is 0.696. The summed E-state index contributed by atoms with van der Waals surface area (Å²) in [6.45, 7) is 10.8. The summed E-state index contributed by atoms with van der Waals surface area (Å²) in [5, 5.41) is 3.51. The molecule has 1 aromatic rings. The summed E-state index contributed by atoms with van der Waals surface area (Å²) in [7, 11) is 2.18. The predicted octanol–water partition coefficient (Wildman–Crippen LogP) is 2.12. The molecule has 0 bridgehead atoms. The van der Waals surface area contributed by atoms with Crippen LogP contribution in [0.1, 0.15) is 36.4 Å². The normalized spacial score (nSPS) is 16.1. The molecule has 0 atom stereocenters. The average Bonchev–Trinajstić information content (AvgIpc) is 2.30. The molecule has 0 aromatic carbocycles. The van der Waals surface area contributed by atoms with E-state index in [1.54, 1.807) is 0 Å². The lowest BCUT2D eigenvalue weighted by atomic mass is 10.0. The zero-order valence-electron chi connectivity index (χ0n) is 12.1. The summed E-state index contributed by atoms with van der Waals surface area (Å²) >= 11 is 0. The van der Waals surface area contributed by atoms with Gasteiger partial charge in [0.05, 0.1) is 0 Å². The molecule has 0 fully saturated rings. The molecule has 1 aromatic heterocycles. The Labute approximate surface area is 111 Å². The summed E-state index contributed by atoms with van der Waals surface area (Å²) in [5.74, 6) is 0.696. The van der Waals surface area contributed by atoms with E-state index < -0.39 is 0 Å². The second kappa shape index (κ2) is 5.81. The first-order chi connectivity index (χ1) is 8.56. The van der Waals surface area contributed by atoms with Crippen molar-refractivity contribution in [3.8, 4) is 0 Å². The molecule has 0 saturated carbocycles. The predicted molar refractivity (Wildman–Crippen MR) is 75.6 cm³/mol. The number of hydrogen-bond acceptors (Lipinski definition) is 3. The average molecular weight is 247 g/mol. The molecule has 0 saturated heterocycles. The van der Waals surface area contributed by atoms with Crippen molar-refractivity contribution in [3.05, 3.63) is 28.6 Å². The van der Waals surface area contributed by atoms with Crippen LogP contribution >= 0.6 is 0 Å².